The molecule has 0 bridgehead atoms. The largest absolute Gasteiger partial charge is 0.508 e. The average molecular weight is 402 g/mol. The molecule has 0 fully saturated rings. The van der Waals surface area contributed by atoms with E-state index in [9.17, 15) is 25.2 Å². The second-order valence-corrected chi connectivity index (χ2v) is 7.93. The van der Waals surface area contributed by atoms with Crippen LogP contribution in [-0.2, 0) is 6.42 Å². The second kappa shape index (κ2) is 7.48. The SMILES string of the molecule is COc1ccc2c(c1OC)CC(C(C)(C)O)C2CC(=O)c1c(O)cc(O)cc1O. The van der Waals surface area contributed by atoms with Gasteiger partial charge in [-0.3, -0.25) is 4.79 Å². The van der Waals surface area contributed by atoms with E-state index in [2.05, 4.69) is 0 Å². The minimum absolute atomic E-state index is 0.0387. The molecule has 0 aromatic heterocycles. The molecule has 2 aromatic carbocycles. The summed E-state index contributed by atoms with van der Waals surface area (Å²) in [4.78, 5) is 13.0. The van der Waals surface area contributed by atoms with Crippen LogP contribution in [0.2, 0.25) is 0 Å². The number of rotatable bonds is 6. The molecule has 0 amide bonds. The van der Waals surface area contributed by atoms with Gasteiger partial charge in [0.15, 0.2) is 17.3 Å². The maximum Gasteiger partial charge on any atom is 0.170 e. The number of phenols is 3. The smallest absolute Gasteiger partial charge is 0.170 e. The number of aromatic hydroxyl groups is 3. The molecule has 29 heavy (non-hydrogen) atoms. The fraction of sp³-hybridized carbons (Fsp3) is 0.409. The number of Topliss-reactive ketones (excluding diaryl/α,β-unsaturated/α-hetero) is 1. The highest BCUT2D eigenvalue weighted by molar-refractivity contribution is 6.01. The number of benzene rings is 2. The Balaban J connectivity index is 2.05. The predicted molar refractivity (Wildman–Crippen MR) is 106 cm³/mol. The zero-order valence-electron chi connectivity index (χ0n) is 16.9. The first-order valence-electron chi connectivity index (χ1n) is 9.32. The lowest BCUT2D eigenvalue weighted by Gasteiger charge is -2.31. The van der Waals surface area contributed by atoms with Crippen LogP contribution in [0.1, 0.15) is 47.7 Å². The van der Waals surface area contributed by atoms with Gasteiger partial charge in [-0.15, -0.1) is 0 Å². The normalized spacial score (nSPS) is 18.4. The van der Waals surface area contributed by atoms with Gasteiger partial charge in [0.05, 0.1) is 19.8 Å². The molecule has 0 spiro atoms. The maximum absolute atomic E-state index is 13.0. The molecular weight excluding hydrogens is 376 g/mol. The van der Waals surface area contributed by atoms with E-state index in [-0.39, 0.29) is 29.6 Å². The Morgan fingerprint density at radius 3 is 2.24 bits per heavy atom. The van der Waals surface area contributed by atoms with Gasteiger partial charge in [0.2, 0.25) is 0 Å². The lowest BCUT2D eigenvalue weighted by molar-refractivity contribution is 0.00912. The van der Waals surface area contributed by atoms with Gasteiger partial charge < -0.3 is 29.9 Å². The summed E-state index contributed by atoms with van der Waals surface area (Å²) in [5.41, 5.74) is 0.407. The molecule has 0 saturated carbocycles. The number of hydrogen-bond donors (Lipinski definition) is 4. The molecule has 7 nitrogen and oxygen atoms in total. The fourth-order valence-corrected chi connectivity index (χ4v) is 4.32. The molecule has 1 aliphatic rings. The average Bonchev–Trinajstić information content (AvgIpc) is 2.98. The summed E-state index contributed by atoms with van der Waals surface area (Å²) in [6.45, 7) is 3.39. The van der Waals surface area contributed by atoms with E-state index in [1.54, 1.807) is 34.1 Å². The predicted octanol–water partition coefficient (Wildman–Crippen LogP) is 3.12. The Kier molecular flexibility index (Phi) is 5.36. The topological polar surface area (TPSA) is 116 Å². The molecule has 2 atom stereocenters. The summed E-state index contributed by atoms with van der Waals surface area (Å²) in [6.07, 6.45) is 0.452. The molecule has 0 aliphatic heterocycles. The van der Waals surface area contributed by atoms with Crippen molar-refractivity contribution in [3.8, 4) is 28.7 Å². The maximum atomic E-state index is 13.0. The molecular formula is C22H26O7. The molecule has 4 N–H and O–H groups in total. The highest BCUT2D eigenvalue weighted by Crippen LogP contribution is 2.51. The van der Waals surface area contributed by atoms with Crippen LogP contribution in [0.4, 0.5) is 0 Å². The first-order chi connectivity index (χ1) is 13.6. The Hall–Kier alpha value is -2.93. The van der Waals surface area contributed by atoms with Crippen LogP contribution < -0.4 is 9.47 Å². The quantitative estimate of drug-likeness (QED) is 0.549. The van der Waals surface area contributed by atoms with Gasteiger partial charge in [-0.2, -0.15) is 0 Å². The standard InChI is InChI=1S/C22H26O7/c1-22(2,27)15-9-14-12(5-6-19(28-3)21(14)29-4)13(15)10-18(26)20-16(24)7-11(23)8-17(20)25/h5-8,13,15,23-25,27H,9-10H2,1-4H3. The van der Waals surface area contributed by atoms with Crippen molar-refractivity contribution in [3.63, 3.8) is 0 Å². The van der Waals surface area contributed by atoms with Crippen molar-refractivity contribution in [1.29, 1.82) is 0 Å². The van der Waals surface area contributed by atoms with E-state index in [0.717, 1.165) is 23.3 Å². The van der Waals surface area contributed by atoms with Crippen LogP contribution in [0.15, 0.2) is 24.3 Å². The highest BCUT2D eigenvalue weighted by atomic mass is 16.5. The van der Waals surface area contributed by atoms with E-state index in [1.807, 2.05) is 6.07 Å². The lowest BCUT2D eigenvalue weighted by atomic mass is 9.78. The van der Waals surface area contributed by atoms with E-state index in [1.165, 1.54) is 0 Å². The Labute approximate surface area is 169 Å². The monoisotopic (exact) mass is 402 g/mol. The number of carbonyl (C=O) groups excluding carboxylic acids is 1. The second-order valence-electron chi connectivity index (χ2n) is 7.93. The summed E-state index contributed by atoms with van der Waals surface area (Å²) >= 11 is 0. The molecule has 3 rings (SSSR count). The molecule has 156 valence electrons. The van der Waals surface area contributed by atoms with Crippen LogP contribution in [-0.4, -0.2) is 46.0 Å². The Bertz CT molecular complexity index is 920. The zero-order chi connectivity index (χ0) is 21.5. The van der Waals surface area contributed by atoms with Crippen LogP contribution in [0.5, 0.6) is 28.7 Å². The minimum Gasteiger partial charge on any atom is -0.508 e. The Morgan fingerprint density at radius 2 is 1.72 bits per heavy atom. The number of ketones is 1. The van der Waals surface area contributed by atoms with E-state index in [4.69, 9.17) is 9.47 Å². The molecule has 2 aromatic rings. The van der Waals surface area contributed by atoms with Gasteiger partial charge in [-0.05, 0) is 43.7 Å². The third-order valence-electron chi connectivity index (χ3n) is 5.67. The number of aliphatic hydroxyl groups is 1. The van der Waals surface area contributed by atoms with Crippen molar-refractivity contribution in [2.24, 2.45) is 5.92 Å². The van der Waals surface area contributed by atoms with Crippen molar-refractivity contribution in [2.75, 3.05) is 14.2 Å². The number of carbonyl (C=O) groups is 1. The zero-order valence-corrected chi connectivity index (χ0v) is 16.9. The number of fused-ring (bicyclic) bond motifs is 1. The summed E-state index contributed by atoms with van der Waals surface area (Å²) in [5, 5.41) is 40.4. The van der Waals surface area contributed by atoms with Crippen molar-refractivity contribution >= 4 is 5.78 Å². The van der Waals surface area contributed by atoms with Crippen molar-refractivity contribution in [1.82, 2.24) is 0 Å². The first kappa shape index (κ1) is 20.8. The van der Waals surface area contributed by atoms with Crippen molar-refractivity contribution in [3.05, 3.63) is 41.0 Å². The van der Waals surface area contributed by atoms with E-state index < -0.39 is 22.9 Å². The number of methoxy groups -OCH3 is 2. The van der Waals surface area contributed by atoms with E-state index in [0.29, 0.717) is 17.9 Å². The third-order valence-corrected chi connectivity index (χ3v) is 5.67. The van der Waals surface area contributed by atoms with Crippen molar-refractivity contribution in [2.45, 2.75) is 38.2 Å². The fourth-order valence-electron chi connectivity index (χ4n) is 4.32. The van der Waals surface area contributed by atoms with Crippen LogP contribution >= 0.6 is 0 Å². The lowest BCUT2D eigenvalue weighted by Crippen LogP contribution is -2.34. The molecule has 0 heterocycles. The molecule has 0 saturated heterocycles. The van der Waals surface area contributed by atoms with Crippen molar-refractivity contribution < 1.29 is 34.7 Å². The van der Waals surface area contributed by atoms with Gasteiger partial charge >= 0.3 is 0 Å². The van der Waals surface area contributed by atoms with Gasteiger partial charge in [0.1, 0.15) is 22.8 Å². The first-order valence-corrected chi connectivity index (χ1v) is 9.32. The molecule has 1 aliphatic carbocycles. The van der Waals surface area contributed by atoms with Gasteiger partial charge in [0.25, 0.3) is 0 Å². The highest BCUT2D eigenvalue weighted by Gasteiger charge is 2.44. The molecule has 0 radical (unpaired) electrons. The van der Waals surface area contributed by atoms with Crippen LogP contribution in [0, 0.1) is 5.92 Å². The third kappa shape index (κ3) is 3.70. The van der Waals surface area contributed by atoms with E-state index >= 15 is 0 Å². The Morgan fingerprint density at radius 1 is 1.10 bits per heavy atom. The number of phenolic OH excluding ortho intramolecular Hbond substituents is 3. The number of hydrogen-bond acceptors (Lipinski definition) is 7. The van der Waals surface area contributed by atoms with Gasteiger partial charge in [-0.25, -0.2) is 0 Å². The molecule has 2 unspecified atom stereocenters. The number of ether oxygens (including phenoxy) is 2. The van der Waals surface area contributed by atoms with Gasteiger partial charge in [0, 0.05) is 24.1 Å². The minimum atomic E-state index is -1.08. The van der Waals surface area contributed by atoms with Gasteiger partial charge in [-0.1, -0.05) is 6.07 Å². The van der Waals surface area contributed by atoms with Crippen LogP contribution in [0.25, 0.3) is 0 Å². The summed E-state index contributed by atoms with van der Waals surface area (Å²) in [5.74, 6) is -1.30. The summed E-state index contributed by atoms with van der Waals surface area (Å²) in [7, 11) is 3.09. The van der Waals surface area contributed by atoms with Crippen LogP contribution in [0.3, 0.4) is 0 Å². The summed E-state index contributed by atoms with van der Waals surface area (Å²) in [6, 6.07) is 5.64. The molecule has 7 heteroatoms. The summed E-state index contributed by atoms with van der Waals surface area (Å²) < 4.78 is 10.9.